The van der Waals surface area contributed by atoms with E-state index in [1.807, 2.05) is 37.6 Å². The van der Waals surface area contributed by atoms with Crippen LogP contribution in [0.3, 0.4) is 0 Å². The van der Waals surface area contributed by atoms with Gasteiger partial charge < -0.3 is 15.6 Å². The molecule has 0 aliphatic rings. The summed E-state index contributed by atoms with van der Waals surface area (Å²) < 4.78 is 1.80. The Morgan fingerprint density at radius 3 is 2.81 bits per heavy atom. The predicted octanol–water partition coefficient (Wildman–Crippen LogP) is 1.73. The fourth-order valence-electron chi connectivity index (χ4n) is 1.71. The molecule has 0 aliphatic heterocycles. The Hall–Kier alpha value is -1.51. The van der Waals surface area contributed by atoms with Crippen molar-refractivity contribution in [2.24, 2.45) is 12.8 Å². The summed E-state index contributed by atoms with van der Waals surface area (Å²) in [5, 5.41) is 11.6. The van der Waals surface area contributed by atoms with Crippen molar-refractivity contribution in [3.05, 3.63) is 30.1 Å². The molecule has 21 heavy (non-hydrogen) atoms. The fourth-order valence-corrected chi connectivity index (χ4v) is 3.00. The number of benzene rings is 1. The average Bonchev–Trinajstić information content (AvgIpc) is 2.86. The van der Waals surface area contributed by atoms with Gasteiger partial charge in [-0.25, -0.2) is 0 Å². The highest BCUT2D eigenvalue weighted by Crippen LogP contribution is 2.25. The summed E-state index contributed by atoms with van der Waals surface area (Å²) in [4.78, 5) is 13.1. The molecule has 0 aliphatic carbocycles. The number of carbonyl (C=O) groups is 1. The van der Waals surface area contributed by atoms with E-state index in [0.29, 0.717) is 17.5 Å². The van der Waals surface area contributed by atoms with Crippen LogP contribution in [0.5, 0.6) is 0 Å². The maximum absolute atomic E-state index is 12.0. The van der Waals surface area contributed by atoms with E-state index in [0.717, 1.165) is 10.6 Å². The van der Waals surface area contributed by atoms with Crippen LogP contribution >= 0.6 is 23.5 Å². The number of carbonyl (C=O) groups excluding carboxylic acids is 1. The number of nitrogens with zero attached hydrogens (tertiary/aromatic N) is 3. The van der Waals surface area contributed by atoms with E-state index >= 15 is 0 Å². The Morgan fingerprint density at radius 1 is 1.38 bits per heavy atom. The maximum atomic E-state index is 12.0. The van der Waals surface area contributed by atoms with Crippen molar-refractivity contribution in [2.45, 2.75) is 16.6 Å². The first-order chi connectivity index (χ1) is 10.2. The van der Waals surface area contributed by atoms with Crippen LogP contribution in [0.2, 0.25) is 0 Å². The van der Waals surface area contributed by atoms with Crippen molar-refractivity contribution in [3.8, 4) is 0 Å². The molecule has 1 aromatic carbocycles. The van der Waals surface area contributed by atoms with Gasteiger partial charge in [-0.1, -0.05) is 23.9 Å². The van der Waals surface area contributed by atoms with E-state index in [4.69, 9.17) is 5.73 Å². The van der Waals surface area contributed by atoms with E-state index in [2.05, 4.69) is 15.5 Å². The number of anilines is 1. The summed E-state index contributed by atoms with van der Waals surface area (Å²) in [6.07, 6.45) is 1.98. The van der Waals surface area contributed by atoms with Crippen LogP contribution in [0, 0.1) is 0 Å². The molecule has 6 nitrogen and oxygen atoms in total. The maximum Gasteiger partial charge on any atom is 0.234 e. The zero-order chi connectivity index (χ0) is 15.2. The van der Waals surface area contributed by atoms with Gasteiger partial charge in [0.2, 0.25) is 5.91 Å². The molecule has 0 saturated carbocycles. The summed E-state index contributed by atoms with van der Waals surface area (Å²) >= 11 is 2.94. The van der Waals surface area contributed by atoms with Gasteiger partial charge >= 0.3 is 0 Å². The molecule has 2 aromatic rings. The molecule has 3 N–H and O–H groups in total. The molecule has 2 rings (SSSR count). The molecule has 8 heteroatoms. The zero-order valence-electron chi connectivity index (χ0n) is 11.9. The lowest BCUT2D eigenvalue weighted by atomic mass is 10.3. The highest BCUT2D eigenvalue weighted by Gasteiger charge is 2.11. The van der Waals surface area contributed by atoms with Crippen molar-refractivity contribution in [1.82, 2.24) is 14.8 Å². The second kappa shape index (κ2) is 7.48. The molecule has 0 unspecified atom stereocenters. The molecule has 0 fully saturated rings. The third kappa shape index (κ3) is 3.99. The van der Waals surface area contributed by atoms with Gasteiger partial charge in [0, 0.05) is 11.9 Å². The van der Waals surface area contributed by atoms with Crippen LogP contribution < -0.4 is 11.1 Å². The molecule has 1 amide bonds. The van der Waals surface area contributed by atoms with Crippen molar-refractivity contribution in [3.63, 3.8) is 0 Å². The van der Waals surface area contributed by atoms with Crippen LogP contribution in [0.1, 0.15) is 5.82 Å². The van der Waals surface area contributed by atoms with E-state index in [1.54, 1.807) is 16.3 Å². The number of thioether (sulfide) groups is 2. The number of hydrogen-bond acceptors (Lipinski definition) is 6. The molecule has 0 spiro atoms. The van der Waals surface area contributed by atoms with Crippen LogP contribution in [0.15, 0.2) is 34.3 Å². The van der Waals surface area contributed by atoms with Crippen LogP contribution in [-0.4, -0.2) is 32.7 Å². The Balaban J connectivity index is 1.94. The van der Waals surface area contributed by atoms with Crippen LogP contribution in [-0.2, 0) is 18.4 Å². The monoisotopic (exact) mass is 323 g/mol. The molecular weight excluding hydrogens is 306 g/mol. The summed E-state index contributed by atoms with van der Waals surface area (Å²) in [7, 11) is 1.84. The lowest BCUT2D eigenvalue weighted by Gasteiger charge is -2.08. The largest absolute Gasteiger partial charge is 0.324 e. The highest BCUT2D eigenvalue weighted by molar-refractivity contribution is 7.99. The molecule has 112 valence electrons. The van der Waals surface area contributed by atoms with E-state index in [1.165, 1.54) is 11.8 Å². The molecule has 0 radical (unpaired) electrons. The lowest BCUT2D eigenvalue weighted by molar-refractivity contribution is -0.113. The van der Waals surface area contributed by atoms with Gasteiger partial charge in [0.15, 0.2) is 5.16 Å². The fraction of sp³-hybridized carbons (Fsp3) is 0.308. The number of aromatic nitrogens is 3. The van der Waals surface area contributed by atoms with Crippen LogP contribution in [0.4, 0.5) is 5.69 Å². The number of nitrogens with one attached hydrogen (secondary N) is 1. The third-order valence-electron chi connectivity index (χ3n) is 2.82. The van der Waals surface area contributed by atoms with Gasteiger partial charge in [-0.2, -0.15) is 0 Å². The second-order valence-electron chi connectivity index (χ2n) is 4.20. The topological polar surface area (TPSA) is 85.8 Å². The molecule has 0 saturated heterocycles. The molecule has 1 heterocycles. The van der Waals surface area contributed by atoms with Gasteiger partial charge in [0.1, 0.15) is 5.82 Å². The SMILES string of the molecule is CSc1ccccc1NC(=O)CSc1nnc(CN)n1C. The number of hydrogen-bond donors (Lipinski definition) is 2. The average molecular weight is 323 g/mol. The Labute approximate surface area is 131 Å². The molecule has 0 atom stereocenters. The zero-order valence-corrected chi connectivity index (χ0v) is 13.5. The predicted molar refractivity (Wildman–Crippen MR) is 86.5 cm³/mol. The lowest BCUT2D eigenvalue weighted by Crippen LogP contribution is -2.15. The van der Waals surface area contributed by atoms with E-state index in [-0.39, 0.29) is 11.7 Å². The minimum Gasteiger partial charge on any atom is -0.324 e. The Morgan fingerprint density at radius 2 is 2.14 bits per heavy atom. The number of amides is 1. The first-order valence-electron chi connectivity index (χ1n) is 6.29. The van der Waals surface area contributed by atoms with Gasteiger partial charge in [-0.15, -0.1) is 22.0 Å². The summed E-state index contributed by atoms with van der Waals surface area (Å²) in [6.45, 7) is 0.331. The van der Waals surface area contributed by atoms with Gasteiger partial charge in [0.25, 0.3) is 0 Å². The number of rotatable bonds is 6. The number of para-hydroxylation sites is 1. The van der Waals surface area contributed by atoms with Gasteiger partial charge in [-0.05, 0) is 18.4 Å². The van der Waals surface area contributed by atoms with E-state index in [9.17, 15) is 4.79 Å². The normalized spacial score (nSPS) is 10.6. The third-order valence-corrected chi connectivity index (χ3v) is 4.64. The quantitative estimate of drug-likeness (QED) is 0.787. The minimum atomic E-state index is -0.0706. The highest BCUT2D eigenvalue weighted by atomic mass is 32.2. The van der Waals surface area contributed by atoms with Crippen molar-refractivity contribution >= 4 is 35.1 Å². The first-order valence-corrected chi connectivity index (χ1v) is 8.50. The Bertz CT molecular complexity index is 629. The minimum absolute atomic E-state index is 0.0706. The molecule has 0 bridgehead atoms. The molecule has 1 aromatic heterocycles. The number of nitrogens with two attached hydrogens (primary N) is 1. The van der Waals surface area contributed by atoms with Gasteiger partial charge in [-0.3, -0.25) is 4.79 Å². The first kappa shape index (κ1) is 15.9. The standard InChI is InChI=1S/C13H17N5OS2/c1-18-11(7-14)16-17-13(18)21-8-12(19)15-9-5-3-4-6-10(9)20-2/h3-6H,7-8,14H2,1-2H3,(H,15,19). The van der Waals surface area contributed by atoms with Gasteiger partial charge in [0.05, 0.1) is 18.0 Å². The van der Waals surface area contributed by atoms with E-state index < -0.39 is 0 Å². The van der Waals surface area contributed by atoms with Crippen molar-refractivity contribution in [1.29, 1.82) is 0 Å². The summed E-state index contributed by atoms with van der Waals surface area (Å²) in [6, 6.07) is 7.72. The van der Waals surface area contributed by atoms with Crippen LogP contribution in [0.25, 0.3) is 0 Å². The summed E-state index contributed by atoms with van der Waals surface area (Å²) in [5.41, 5.74) is 6.37. The van der Waals surface area contributed by atoms with Crippen molar-refractivity contribution < 1.29 is 4.79 Å². The van der Waals surface area contributed by atoms with Crippen molar-refractivity contribution in [2.75, 3.05) is 17.3 Å². The molecular formula is C13H17N5OS2. The second-order valence-corrected chi connectivity index (χ2v) is 5.99. The Kier molecular flexibility index (Phi) is 5.66. The smallest absolute Gasteiger partial charge is 0.234 e. The summed E-state index contributed by atoms with van der Waals surface area (Å²) in [5.74, 6) is 0.906.